The Kier molecular flexibility index (Phi) is 4.70. The van der Waals surface area contributed by atoms with E-state index in [0.717, 1.165) is 5.56 Å². The number of nitrogens with zero attached hydrogens (tertiary/aromatic N) is 4. The van der Waals surface area contributed by atoms with Gasteiger partial charge in [0.25, 0.3) is 0 Å². The van der Waals surface area contributed by atoms with Crippen molar-refractivity contribution in [1.82, 2.24) is 19.6 Å². The second-order valence-electron chi connectivity index (χ2n) is 9.57. The standard InChI is InChI=1S/C26H24N4O5/c1-26(2)11-15(31)21-19(12-26)35-25-22(20(21)14-7-8-16(32-3)18(10-14)33-4)24-28-23(17-6-5-9-34-17)29-30(24)13-27-25/h5-10,13,20H,11-12H2,1-4H3. The Bertz CT molecular complexity index is 1500. The SMILES string of the molecule is COc1ccc(C2C3=C(CC(C)(C)CC3=O)Oc3ncn4nc(-c5ccco5)nc4c32)cc1OC. The van der Waals surface area contributed by atoms with E-state index < -0.39 is 5.92 Å². The van der Waals surface area contributed by atoms with Crippen LogP contribution in [0.4, 0.5) is 0 Å². The molecule has 1 aliphatic carbocycles. The molecule has 0 N–H and O–H groups in total. The van der Waals surface area contributed by atoms with Crippen molar-refractivity contribution in [1.29, 1.82) is 0 Å². The highest BCUT2D eigenvalue weighted by molar-refractivity contribution is 6.00. The van der Waals surface area contributed by atoms with Gasteiger partial charge in [0.2, 0.25) is 11.7 Å². The zero-order valence-electron chi connectivity index (χ0n) is 19.9. The first-order valence-electron chi connectivity index (χ1n) is 11.3. The second-order valence-corrected chi connectivity index (χ2v) is 9.57. The monoisotopic (exact) mass is 472 g/mol. The minimum Gasteiger partial charge on any atom is -0.493 e. The number of rotatable bonds is 4. The molecule has 0 amide bonds. The lowest BCUT2D eigenvalue weighted by atomic mass is 9.70. The van der Waals surface area contributed by atoms with E-state index in [2.05, 4.69) is 23.9 Å². The average molecular weight is 473 g/mol. The number of carbonyl (C=O) groups excluding carboxylic acids is 1. The number of fused-ring (bicyclic) bond motifs is 3. The predicted molar refractivity (Wildman–Crippen MR) is 126 cm³/mol. The van der Waals surface area contributed by atoms with Crippen LogP contribution in [0.1, 0.15) is 43.7 Å². The Hall–Kier alpha value is -4.14. The molecule has 0 saturated carbocycles. The van der Waals surface area contributed by atoms with Crippen LogP contribution in [0, 0.1) is 5.41 Å². The summed E-state index contributed by atoms with van der Waals surface area (Å²) in [5.41, 5.74) is 2.50. The van der Waals surface area contributed by atoms with E-state index in [0.29, 0.717) is 64.3 Å². The van der Waals surface area contributed by atoms with E-state index in [1.54, 1.807) is 43.5 Å². The summed E-state index contributed by atoms with van der Waals surface area (Å²) < 4.78 is 24.4. The minimum atomic E-state index is -0.456. The van der Waals surface area contributed by atoms with Crippen molar-refractivity contribution in [3.05, 3.63) is 65.4 Å². The first kappa shape index (κ1) is 21.4. The molecule has 0 fully saturated rings. The maximum atomic E-state index is 13.6. The number of hydrogen-bond donors (Lipinski definition) is 0. The van der Waals surface area contributed by atoms with E-state index >= 15 is 0 Å². The lowest BCUT2D eigenvalue weighted by Crippen LogP contribution is -2.33. The number of ketones is 1. The summed E-state index contributed by atoms with van der Waals surface area (Å²) in [5, 5.41) is 4.55. The Labute approximate surface area is 201 Å². The zero-order valence-corrected chi connectivity index (χ0v) is 19.9. The lowest BCUT2D eigenvalue weighted by molar-refractivity contribution is -0.118. The molecular formula is C26H24N4O5. The molecule has 4 aromatic rings. The number of allylic oxidation sites excluding steroid dienone is 2. The average Bonchev–Trinajstić information content (AvgIpc) is 3.51. The number of carbonyl (C=O) groups is 1. The number of Topliss-reactive ketones (excluding diaryl/α,β-unsaturated/α-hetero) is 1. The van der Waals surface area contributed by atoms with Crippen molar-refractivity contribution < 1.29 is 23.4 Å². The molecule has 0 saturated heterocycles. The Morgan fingerprint density at radius 3 is 2.69 bits per heavy atom. The molecule has 6 rings (SSSR count). The van der Waals surface area contributed by atoms with E-state index in [1.807, 2.05) is 18.2 Å². The van der Waals surface area contributed by atoms with Crippen molar-refractivity contribution in [3.8, 4) is 29.0 Å². The maximum absolute atomic E-state index is 13.6. The van der Waals surface area contributed by atoms with Gasteiger partial charge in [-0.2, -0.15) is 0 Å². The summed E-state index contributed by atoms with van der Waals surface area (Å²) in [6, 6.07) is 9.25. The molecule has 2 aliphatic rings. The highest BCUT2D eigenvalue weighted by Gasteiger charge is 2.44. The Balaban J connectivity index is 1.62. The maximum Gasteiger partial charge on any atom is 0.228 e. The summed E-state index contributed by atoms with van der Waals surface area (Å²) in [6.45, 7) is 4.15. The number of methoxy groups -OCH3 is 2. The molecule has 1 atom stereocenters. The first-order valence-corrected chi connectivity index (χ1v) is 11.3. The summed E-state index contributed by atoms with van der Waals surface area (Å²) in [6.07, 6.45) is 4.20. The fourth-order valence-corrected chi connectivity index (χ4v) is 5.02. The summed E-state index contributed by atoms with van der Waals surface area (Å²) in [4.78, 5) is 22.9. The minimum absolute atomic E-state index is 0.0504. The normalized spacial score (nSPS) is 18.7. The van der Waals surface area contributed by atoms with E-state index in [4.69, 9.17) is 23.6 Å². The van der Waals surface area contributed by atoms with Gasteiger partial charge < -0.3 is 18.6 Å². The Morgan fingerprint density at radius 2 is 1.94 bits per heavy atom. The summed E-state index contributed by atoms with van der Waals surface area (Å²) in [5.74, 6) is 2.80. The zero-order chi connectivity index (χ0) is 24.3. The van der Waals surface area contributed by atoms with Crippen LogP contribution in [0.3, 0.4) is 0 Å². The Morgan fingerprint density at radius 1 is 1.11 bits per heavy atom. The van der Waals surface area contributed by atoms with Crippen molar-refractivity contribution in [2.45, 2.75) is 32.6 Å². The fourth-order valence-electron chi connectivity index (χ4n) is 5.02. The van der Waals surface area contributed by atoms with Crippen LogP contribution < -0.4 is 14.2 Å². The highest BCUT2D eigenvalue weighted by atomic mass is 16.5. The van der Waals surface area contributed by atoms with Crippen LogP contribution in [0.15, 0.2) is 58.7 Å². The molecule has 4 heterocycles. The molecule has 0 bridgehead atoms. The van der Waals surface area contributed by atoms with Gasteiger partial charge in [-0.1, -0.05) is 19.9 Å². The third-order valence-corrected chi connectivity index (χ3v) is 6.55. The molecule has 9 nitrogen and oxygen atoms in total. The van der Waals surface area contributed by atoms with Crippen molar-refractivity contribution in [2.24, 2.45) is 5.41 Å². The van der Waals surface area contributed by atoms with Crippen LogP contribution in [0.2, 0.25) is 0 Å². The fraction of sp³-hybridized carbons (Fsp3) is 0.308. The summed E-state index contributed by atoms with van der Waals surface area (Å²) >= 11 is 0. The van der Waals surface area contributed by atoms with Gasteiger partial charge in [-0.3, -0.25) is 4.79 Å². The molecule has 1 aliphatic heterocycles. The van der Waals surface area contributed by atoms with Crippen LogP contribution in [0.25, 0.3) is 17.2 Å². The molecular weight excluding hydrogens is 448 g/mol. The van der Waals surface area contributed by atoms with E-state index in [9.17, 15) is 4.79 Å². The third-order valence-electron chi connectivity index (χ3n) is 6.55. The molecule has 0 radical (unpaired) electrons. The molecule has 3 aromatic heterocycles. The topological polar surface area (TPSA) is 101 Å². The quantitative estimate of drug-likeness (QED) is 0.426. The number of benzene rings is 1. The van der Waals surface area contributed by atoms with Crippen LogP contribution in [-0.4, -0.2) is 39.6 Å². The smallest absolute Gasteiger partial charge is 0.228 e. The number of hydrogen-bond acceptors (Lipinski definition) is 8. The van der Waals surface area contributed by atoms with Gasteiger partial charge in [-0.05, 0) is 35.2 Å². The van der Waals surface area contributed by atoms with Crippen molar-refractivity contribution in [3.63, 3.8) is 0 Å². The highest BCUT2D eigenvalue weighted by Crippen LogP contribution is 2.51. The third kappa shape index (κ3) is 3.38. The van der Waals surface area contributed by atoms with Crippen LogP contribution in [-0.2, 0) is 4.79 Å². The van der Waals surface area contributed by atoms with Gasteiger partial charge in [0.05, 0.1) is 32.0 Å². The first-order chi connectivity index (χ1) is 16.9. The van der Waals surface area contributed by atoms with Gasteiger partial charge in [0.1, 0.15) is 12.1 Å². The molecule has 0 spiro atoms. The number of aromatic nitrogens is 4. The largest absolute Gasteiger partial charge is 0.493 e. The van der Waals surface area contributed by atoms with Gasteiger partial charge in [-0.15, -0.1) is 5.10 Å². The van der Waals surface area contributed by atoms with Gasteiger partial charge >= 0.3 is 0 Å². The van der Waals surface area contributed by atoms with E-state index in [-0.39, 0.29) is 11.2 Å². The number of ether oxygens (including phenoxy) is 3. The molecule has 178 valence electrons. The van der Waals surface area contributed by atoms with Gasteiger partial charge in [-0.25, -0.2) is 14.5 Å². The second kappa shape index (κ2) is 7.69. The van der Waals surface area contributed by atoms with Crippen LogP contribution >= 0.6 is 0 Å². The van der Waals surface area contributed by atoms with Crippen molar-refractivity contribution >= 4 is 11.4 Å². The van der Waals surface area contributed by atoms with E-state index in [1.165, 1.54) is 0 Å². The molecule has 1 aromatic carbocycles. The van der Waals surface area contributed by atoms with Gasteiger partial charge in [0, 0.05) is 18.4 Å². The number of furan rings is 1. The predicted octanol–water partition coefficient (Wildman–Crippen LogP) is 4.57. The molecule has 35 heavy (non-hydrogen) atoms. The summed E-state index contributed by atoms with van der Waals surface area (Å²) in [7, 11) is 3.18. The van der Waals surface area contributed by atoms with Crippen molar-refractivity contribution in [2.75, 3.05) is 14.2 Å². The lowest BCUT2D eigenvalue weighted by Gasteiger charge is -2.37. The van der Waals surface area contributed by atoms with Crippen LogP contribution in [0.5, 0.6) is 17.4 Å². The molecule has 9 heteroatoms. The van der Waals surface area contributed by atoms with Gasteiger partial charge in [0.15, 0.2) is 28.7 Å². The molecule has 1 unspecified atom stereocenters.